The monoisotopic (exact) mass is 844 g/mol. The van der Waals surface area contributed by atoms with E-state index < -0.39 is 15.7 Å². The molecule has 0 aliphatic heterocycles. The van der Waals surface area contributed by atoms with Crippen LogP contribution in [-0.4, -0.2) is 64.7 Å². The number of oxazole rings is 1. The first-order valence-corrected chi connectivity index (χ1v) is 22.4. The molecule has 0 saturated heterocycles. The molecule has 320 valence electrons. The SMILES string of the molecule is CN(CCCCCCCCCNCCc1ccc(O)c2[nH]c(=O)ccc12)Cc1cnc(C(O)(C2=CC=CC=CC2)c2ccccc2)o1.O=S(=O)(O)c1cccc2ccccc12. The normalized spacial score (nSPS) is 13.8. The Hall–Kier alpha value is -5.63. The van der Waals surface area contributed by atoms with Crippen molar-refractivity contribution in [3.63, 3.8) is 0 Å². The van der Waals surface area contributed by atoms with Gasteiger partial charge in [-0.3, -0.25) is 14.2 Å². The number of rotatable bonds is 19. The summed E-state index contributed by atoms with van der Waals surface area (Å²) >= 11 is 0. The van der Waals surface area contributed by atoms with Crippen LogP contribution < -0.4 is 10.9 Å². The number of unbranched alkanes of at least 4 members (excludes halogenated alkanes) is 6. The Balaban J connectivity index is 0.000000374. The van der Waals surface area contributed by atoms with E-state index in [0.29, 0.717) is 29.8 Å². The topological polar surface area (TPSA) is 169 Å². The zero-order chi connectivity index (χ0) is 43.1. The van der Waals surface area contributed by atoms with Gasteiger partial charge in [-0.05, 0) is 92.7 Å². The molecule has 0 bridgehead atoms. The molecule has 0 spiro atoms. The Morgan fingerprint density at radius 3 is 2.36 bits per heavy atom. The average molecular weight is 845 g/mol. The maximum absolute atomic E-state index is 12.0. The lowest BCUT2D eigenvalue weighted by Gasteiger charge is -2.28. The third kappa shape index (κ3) is 12.2. The molecular weight excluding hydrogens is 789 g/mol. The fraction of sp³-hybridized carbons (Fsp3) is 0.306. The average Bonchev–Trinajstić information content (AvgIpc) is 3.56. The molecule has 2 aromatic heterocycles. The van der Waals surface area contributed by atoms with E-state index in [-0.39, 0.29) is 16.2 Å². The van der Waals surface area contributed by atoms with E-state index in [1.54, 1.807) is 48.7 Å². The first-order valence-electron chi connectivity index (χ1n) is 21.0. The van der Waals surface area contributed by atoms with Gasteiger partial charge in [-0.25, -0.2) is 4.98 Å². The van der Waals surface area contributed by atoms with Crippen LogP contribution in [0.25, 0.3) is 21.7 Å². The minimum atomic E-state index is -4.13. The Kier molecular flexibility index (Phi) is 16.0. The first-order chi connectivity index (χ1) is 29.5. The number of pyridine rings is 1. The number of benzene rings is 4. The zero-order valence-corrected chi connectivity index (χ0v) is 35.5. The molecule has 1 unspecified atom stereocenters. The molecule has 7 rings (SSSR count). The number of aromatic amines is 1. The van der Waals surface area contributed by atoms with Gasteiger partial charge < -0.3 is 24.9 Å². The number of fused-ring (bicyclic) bond motifs is 2. The number of aromatic nitrogens is 2. The van der Waals surface area contributed by atoms with Gasteiger partial charge in [-0.2, -0.15) is 8.42 Å². The number of allylic oxidation sites excluding steroid dienone is 5. The van der Waals surface area contributed by atoms with Crippen LogP contribution in [0, 0.1) is 0 Å². The van der Waals surface area contributed by atoms with Crippen LogP contribution in [0.2, 0.25) is 0 Å². The van der Waals surface area contributed by atoms with Gasteiger partial charge in [0.25, 0.3) is 10.1 Å². The quantitative estimate of drug-likeness (QED) is 0.0392. The number of H-pyrrole nitrogens is 1. The molecule has 12 heteroatoms. The lowest BCUT2D eigenvalue weighted by molar-refractivity contribution is 0.0838. The van der Waals surface area contributed by atoms with E-state index in [1.165, 1.54) is 44.2 Å². The van der Waals surface area contributed by atoms with Crippen molar-refractivity contribution in [2.45, 2.75) is 74.8 Å². The number of hydrogen-bond acceptors (Lipinski definition) is 9. The van der Waals surface area contributed by atoms with Crippen LogP contribution in [0.15, 0.2) is 153 Å². The van der Waals surface area contributed by atoms with E-state index >= 15 is 0 Å². The van der Waals surface area contributed by atoms with Crippen molar-refractivity contribution < 1.29 is 27.6 Å². The van der Waals surface area contributed by atoms with Crippen molar-refractivity contribution in [3.8, 4) is 5.75 Å². The van der Waals surface area contributed by atoms with Crippen molar-refractivity contribution in [1.82, 2.24) is 20.2 Å². The summed E-state index contributed by atoms with van der Waals surface area (Å²) < 4.78 is 37.2. The molecule has 6 aromatic rings. The number of phenolic OH excluding ortho intramolecular Hbond substituents is 1. The number of aliphatic hydroxyl groups is 1. The Bertz CT molecular complexity index is 2610. The summed E-state index contributed by atoms with van der Waals surface area (Å²) in [5.74, 6) is 1.16. The second-order valence-corrected chi connectivity index (χ2v) is 16.8. The van der Waals surface area contributed by atoms with Gasteiger partial charge in [0.05, 0.1) is 18.3 Å². The summed E-state index contributed by atoms with van der Waals surface area (Å²) in [6.07, 6.45) is 21.6. The lowest BCUT2D eigenvalue weighted by Crippen LogP contribution is -2.30. The van der Waals surface area contributed by atoms with Gasteiger partial charge in [-0.15, -0.1) is 0 Å². The molecule has 1 aliphatic rings. The standard InChI is InChI=1S/C39H48N4O4.C10H8O3S/c1-43(29-33-28-41-38(47-33)39(46,32-18-12-9-13-19-32)31-16-10-5-6-11-17-31)27-15-8-4-2-3-7-14-25-40-26-24-30-20-22-35(44)37-34(30)21-23-36(45)42-37;11-14(12,13)10-7-3-5-8-4-1-2-6-9(8)10/h5-6,9-13,16,18-23,28,40,44,46H,2-4,7-8,14-15,17,24-27,29H2,1H3,(H,42,45);1-7H,(H,11,12,13). The zero-order valence-electron chi connectivity index (χ0n) is 34.7. The summed E-state index contributed by atoms with van der Waals surface area (Å²) in [5, 5.41) is 27.8. The fourth-order valence-electron chi connectivity index (χ4n) is 7.66. The van der Waals surface area contributed by atoms with Crippen molar-refractivity contribution in [2.75, 3.05) is 26.7 Å². The number of nitrogens with zero attached hydrogens (tertiary/aromatic N) is 2. The number of phenols is 1. The molecular formula is C49H56N4O7S. The van der Waals surface area contributed by atoms with Gasteiger partial charge in [0.2, 0.25) is 11.4 Å². The van der Waals surface area contributed by atoms with Crippen LogP contribution in [0.1, 0.15) is 74.1 Å². The molecule has 1 atom stereocenters. The highest BCUT2D eigenvalue weighted by Gasteiger charge is 2.40. The van der Waals surface area contributed by atoms with Crippen LogP contribution >= 0.6 is 0 Å². The van der Waals surface area contributed by atoms with Crippen molar-refractivity contribution in [3.05, 3.63) is 172 Å². The predicted molar refractivity (Wildman–Crippen MR) is 242 cm³/mol. The third-order valence-corrected chi connectivity index (χ3v) is 11.8. The Morgan fingerprint density at radius 2 is 1.56 bits per heavy atom. The van der Waals surface area contributed by atoms with E-state index in [9.17, 15) is 23.4 Å². The first kappa shape index (κ1) is 44.9. The van der Waals surface area contributed by atoms with Gasteiger partial charge in [0, 0.05) is 16.8 Å². The molecule has 2 heterocycles. The van der Waals surface area contributed by atoms with Gasteiger partial charge in [0.1, 0.15) is 16.4 Å². The van der Waals surface area contributed by atoms with Crippen molar-refractivity contribution >= 4 is 31.8 Å². The van der Waals surface area contributed by atoms with Crippen molar-refractivity contribution in [2.24, 2.45) is 0 Å². The molecule has 0 saturated carbocycles. The van der Waals surface area contributed by atoms with E-state index in [1.807, 2.05) is 72.8 Å². The number of nitrogens with one attached hydrogen (secondary N) is 2. The highest BCUT2D eigenvalue weighted by molar-refractivity contribution is 7.86. The van der Waals surface area contributed by atoms with Crippen molar-refractivity contribution in [1.29, 1.82) is 0 Å². The van der Waals surface area contributed by atoms with E-state index in [2.05, 4.69) is 27.2 Å². The van der Waals surface area contributed by atoms with Gasteiger partial charge in [-0.1, -0.05) is 135 Å². The fourth-order valence-corrected chi connectivity index (χ4v) is 8.38. The molecule has 1 aliphatic carbocycles. The highest BCUT2D eigenvalue weighted by Crippen LogP contribution is 2.39. The molecule has 11 nitrogen and oxygen atoms in total. The maximum atomic E-state index is 12.0. The smallest absolute Gasteiger partial charge is 0.295 e. The van der Waals surface area contributed by atoms with Crippen LogP contribution in [0.5, 0.6) is 5.75 Å². The van der Waals surface area contributed by atoms with Gasteiger partial charge in [0.15, 0.2) is 5.60 Å². The van der Waals surface area contributed by atoms with E-state index in [0.717, 1.165) is 72.1 Å². The summed E-state index contributed by atoms with van der Waals surface area (Å²) in [7, 11) is -2.03. The number of aromatic hydroxyl groups is 1. The molecule has 4 aromatic carbocycles. The van der Waals surface area contributed by atoms with Crippen LogP contribution in [0.4, 0.5) is 0 Å². The third-order valence-electron chi connectivity index (χ3n) is 10.9. The molecule has 0 fully saturated rings. The summed E-state index contributed by atoms with van der Waals surface area (Å²) in [4.78, 5) is 21.1. The van der Waals surface area contributed by atoms with Crippen LogP contribution in [-0.2, 0) is 28.7 Å². The Labute approximate surface area is 357 Å². The minimum absolute atomic E-state index is 0.0457. The van der Waals surface area contributed by atoms with Crippen LogP contribution in [0.3, 0.4) is 0 Å². The molecule has 0 radical (unpaired) electrons. The lowest BCUT2D eigenvalue weighted by atomic mass is 9.84. The van der Waals surface area contributed by atoms with Gasteiger partial charge >= 0.3 is 0 Å². The second-order valence-electron chi connectivity index (χ2n) is 15.4. The molecule has 0 amide bonds. The minimum Gasteiger partial charge on any atom is -0.506 e. The molecule has 5 N–H and O–H groups in total. The highest BCUT2D eigenvalue weighted by atomic mass is 32.2. The summed E-state index contributed by atoms with van der Waals surface area (Å²) in [5.41, 5.74) is 1.56. The summed E-state index contributed by atoms with van der Waals surface area (Å²) in [6.45, 7) is 3.49. The predicted octanol–water partition coefficient (Wildman–Crippen LogP) is 8.98. The number of hydrogen-bond donors (Lipinski definition) is 5. The largest absolute Gasteiger partial charge is 0.506 e. The molecule has 61 heavy (non-hydrogen) atoms. The second kappa shape index (κ2) is 21.8. The maximum Gasteiger partial charge on any atom is 0.295 e. The summed E-state index contributed by atoms with van der Waals surface area (Å²) in [6, 6.07) is 28.3. The van der Waals surface area contributed by atoms with E-state index in [4.69, 9.17) is 8.97 Å². The Morgan fingerprint density at radius 1 is 0.820 bits per heavy atom.